The Morgan fingerprint density at radius 1 is 1.03 bits per heavy atom. The third-order valence-electron chi connectivity index (χ3n) is 4.98. The van der Waals surface area contributed by atoms with E-state index in [2.05, 4.69) is 5.32 Å². The van der Waals surface area contributed by atoms with Gasteiger partial charge in [-0.05, 0) is 12.3 Å². The first-order valence-electron chi connectivity index (χ1n) is 10.3. The SMILES string of the molecule is CC(=O)NCCOC(O)C(CC(C)C)n1c(=C(C#N)C#N)c2ccccc2c1=C(C#N)C#N. The number of fused-ring (bicyclic) bond motifs is 1. The molecule has 0 saturated heterocycles. The number of hydrogen-bond acceptors (Lipinski definition) is 7. The van der Waals surface area contributed by atoms with E-state index in [1.807, 2.05) is 38.1 Å². The van der Waals surface area contributed by atoms with Gasteiger partial charge in [-0.1, -0.05) is 38.1 Å². The molecule has 1 heterocycles. The van der Waals surface area contributed by atoms with Gasteiger partial charge in [-0.25, -0.2) is 0 Å². The Kier molecular flexibility index (Phi) is 8.72. The number of carbonyl (C=O) groups is 1. The molecule has 2 unspecified atom stereocenters. The zero-order chi connectivity index (χ0) is 24.5. The first-order chi connectivity index (χ1) is 15.8. The van der Waals surface area contributed by atoms with Crippen LogP contribution in [0.5, 0.6) is 0 Å². The van der Waals surface area contributed by atoms with E-state index >= 15 is 0 Å². The molecule has 9 heteroatoms. The monoisotopic (exact) mass is 444 g/mol. The van der Waals surface area contributed by atoms with Crippen LogP contribution in [0.1, 0.15) is 33.2 Å². The lowest BCUT2D eigenvalue weighted by Crippen LogP contribution is -2.41. The second-order valence-corrected chi connectivity index (χ2v) is 7.75. The quantitative estimate of drug-likeness (QED) is 0.455. The molecule has 0 spiro atoms. The molecule has 0 saturated carbocycles. The highest BCUT2D eigenvalue weighted by molar-refractivity contribution is 5.92. The molecule has 2 aromatic rings. The van der Waals surface area contributed by atoms with E-state index < -0.39 is 12.3 Å². The van der Waals surface area contributed by atoms with Gasteiger partial charge in [0, 0.05) is 24.2 Å². The van der Waals surface area contributed by atoms with Gasteiger partial charge in [-0.3, -0.25) is 4.79 Å². The maximum Gasteiger partial charge on any atom is 0.216 e. The van der Waals surface area contributed by atoms with E-state index in [1.165, 1.54) is 11.5 Å². The predicted molar refractivity (Wildman–Crippen MR) is 120 cm³/mol. The maximum atomic E-state index is 11.1. The summed E-state index contributed by atoms with van der Waals surface area (Å²) < 4.78 is 7.09. The number of aliphatic hydroxyl groups is 1. The van der Waals surface area contributed by atoms with Crippen LogP contribution in [-0.2, 0) is 9.53 Å². The van der Waals surface area contributed by atoms with Crippen molar-refractivity contribution in [3.05, 3.63) is 35.0 Å². The normalized spacial score (nSPS) is 12.2. The average Bonchev–Trinajstić information content (AvgIpc) is 3.11. The van der Waals surface area contributed by atoms with Crippen LogP contribution < -0.4 is 16.0 Å². The Balaban J connectivity index is 2.93. The topological polar surface area (TPSA) is 159 Å². The number of benzene rings is 1. The van der Waals surface area contributed by atoms with Crippen LogP contribution in [0.15, 0.2) is 24.3 Å². The van der Waals surface area contributed by atoms with E-state index in [0.29, 0.717) is 17.2 Å². The maximum absolute atomic E-state index is 11.1. The molecule has 2 atom stereocenters. The van der Waals surface area contributed by atoms with Crippen LogP contribution in [0.2, 0.25) is 0 Å². The number of aromatic nitrogens is 1. The lowest BCUT2D eigenvalue weighted by Gasteiger charge is -2.27. The van der Waals surface area contributed by atoms with Crippen LogP contribution in [0, 0.1) is 51.2 Å². The Hall–Kier alpha value is -4.15. The third-order valence-corrected chi connectivity index (χ3v) is 4.98. The number of amides is 1. The summed E-state index contributed by atoms with van der Waals surface area (Å²) in [6.45, 7) is 5.41. The number of nitriles is 4. The van der Waals surface area contributed by atoms with Crippen molar-refractivity contribution in [3.8, 4) is 24.3 Å². The fourth-order valence-corrected chi connectivity index (χ4v) is 3.72. The van der Waals surface area contributed by atoms with Gasteiger partial charge in [0.05, 0.1) is 23.3 Å². The highest BCUT2D eigenvalue weighted by Gasteiger charge is 2.28. The van der Waals surface area contributed by atoms with E-state index in [0.717, 1.165) is 0 Å². The summed E-state index contributed by atoms with van der Waals surface area (Å²) in [5, 5.41) is 53.7. The summed E-state index contributed by atoms with van der Waals surface area (Å²) >= 11 is 0. The van der Waals surface area contributed by atoms with Crippen molar-refractivity contribution in [2.24, 2.45) is 5.92 Å². The molecular formula is C24H24N6O3. The Labute approximate surface area is 191 Å². The van der Waals surface area contributed by atoms with Gasteiger partial charge < -0.3 is 19.7 Å². The lowest BCUT2D eigenvalue weighted by atomic mass is 10.0. The van der Waals surface area contributed by atoms with Gasteiger partial charge in [0.2, 0.25) is 5.91 Å². The van der Waals surface area contributed by atoms with Crippen molar-refractivity contribution in [2.45, 2.75) is 39.5 Å². The summed E-state index contributed by atoms with van der Waals surface area (Å²) in [5.74, 6) is -0.187. The summed E-state index contributed by atoms with van der Waals surface area (Å²) in [4.78, 5) is 11.1. The van der Waals surface area contributed by atoms with Crippen molar-refractivity contribution in [3.63, 3.8) is 0 Å². The Morgan fingerprint density at radius 3 is 1.91 bits per heavy atom. The molecule has 1 aromatic carbocycles. The first-order valence-corrected chi connectivity index (χ1v) is 10.3. The summed E-state index contributed by atoms with van der Waals surface area (Å²) in [7, 11) is 0. The molecule has 0 bridgehead atoms. The minimum absolute atomic E-state index is 0.0148. The van der Waals surface area contributed by atoms with Crippen molar-refractivity contribution >= 4 is 27.8 Å². The molecule has 0 radical (unpaired) electrons. The third kappa shape index (κ3) is 5.56. The summed E-state index contributed by atoms with van der Waals surface area (Å²) in [6.07, 6.45) is -1.05. The second kappa shape index (κ2) is 11.5. The van der Waals surface area contributed by atoms with E-state index in [-0.39, 0.29) is 46.8 Å². The minimum Gasteiger partial charge on any atom is -0.366 e. The first kappa shape index (κ1) is 25.1. The molecule has 2 rings (SSSR count). The molecule has 0 aliphatic carbocycles. The zero-order valence-electron chi connectivity index (χ0n) is 18.7. The lowest BCUT2D eigenvalue weighted by molar-refractivity contribution is -0.134. The van der Waals surface area contributed by atoms with Gasteiger partial charge in [-0.15, -0.1) is 0 Å². The molecule has 1 amide bonds. The van der Waals surface area contributed by atoms with Crippen molar-refractivity contribution < 1.29 is 14.6 Å². The molecule has 0 aliphatic rings. The highest BCUT2D eigenvalue weighted by atomic mass is 16.6. The zero-order valence-corrected chi connectivity index (χ0v) is 18.7. The number of nitrogens with zero attached hydrogens (tertiary/aromatic N) is 5. The van der Waals surface area contributed by atoms with Crippen LogP contribution in [0.25, 0.3) is 21.9 Å². The fraction of sp³-hybridized carbons (Fsp3) is 0.375. The van der Waals surface area contributed by atoms with E-state index in [1.54, 1.807) is 24.3 Å². The number of carbonyl (C=O) groups excluding carboxylic acids is 1. The largest absolute Gasteiger partial charge is 0.366 e. The molecule has 9 nitrogen and oxygen atoms in total. The molecule has 0 fully saturated rings. The number of ether oxygens (including phenoxy) is 1. The standard InChI is InChI=1S/C24H24N6O3/c1-15(2)10-21(24(32)33-9-8-29-16(3)31)30-22(17(11-25)12-26)19-6-4-5-7-20(19)23(30)18(13-27)14-28/h4-7,15,21,24,32H,8-10H2,1-3H3,(H,29,31). The number of rotatable bonds is 8. The van der Waals surface area contributed by atoms with E-state index in [4.69, 9.17) is 4.74 Å². The van der Waals surface area contributed by atoms with Crippen LogP contribution in [-0.4, -0.2) is 35.0 Å². The molecular weight excluding hydrogens is 420 g/mol. The van der Waals surface area contributed by atoms with Crippen LogP contribution >= 0.6 is 0 Å². The smallest absolute Gasteiger partial charge is 0.216 e. The number of aliphatic hydroxyl groups excluding tert-OH is 1. The van der Waals surface area contributed by atoms with Gasteiger partial charge >= 0.3 is 0 Å². The van der Waals surface area contributed by atoms with Crippen molar-refractivity contribution in [1.82, 2.24) is 9.88 Å². The summed E-state index contributed by atoms with van der Waals surface area (Å²) in [5.41, 5.74) is -0.432. The Morgan fingerprint density at radius 2 is 1.52 bits per heavy atom. The van der Waals surface area contributed by atoms with Gasteiger partial charge in [0.25, 0.3) is 0 Å². The van der Waals surface area contributed by atoms with Crippen LogP contribution in [0.3, 0.4) is 0 Å². The van der Waals surface area contributed by atoms with E-state index in [9.17, 15) is 30.9 Å². The van der Waals surface area contributed by atoms with Crippen LogP contribution in [0.4, 0.5) is 0 Å². The predicted octanol–water partition coefficient (Wildman–Crippen LogP) is 1.10. The summed E-state index contributed by atoms with van der Waals surface area (Å²) in [6, 6.07) is 13.6. The Bertz CT molecular complexity index is 1220. The van der Waals surface area contributed by atoms with Crippen molar-refractivity contribution in [1.29, 1.82) is 21.0 Å². The second-order valence-electron chi connectivity index (χ2n) is 7.75. The fourth-order valence-electron chi connectivity index (χ4n) is 3.72. The van der Waals surface area contributed by atoms with Crippen molar-refractivity contribution in [2.75, 3.05) is 13.2 Å². The molecule has 33 heavy (non-hydrogen) atoms. The van der Waals surface area contributed by atoms with Gasteiger partial charge in [0.15, 0.2) is 17.4 Å². The molecule has 0 aliphatic heterocycles. The minimum atomic E-state index is -1.40. The van der Waals surface area contributed by atoms with Gasteiger partial charge in [-0.2, -0.15) is 21.0 Å². The molecule has 168 valence electrons. The molecule has 2 N–H and O–H groups in total. The average molecular weight is 444 g/mol. The molecule has 1 aromatic heterocycles. The number of nitrogens with one attached hydrogen (secondary N) is 1. The van der Waals surface area contributed by atoms with Gasteiger partial charge in [0.1, 0.15) is 24.3 Å². The number of hydrogen-bond donors (Lipinski definition) is 2. The highest BCUT2D eigenvalue weighted by Crippen LogP contribution is 2.23.